The molecule has 1 aliphatic carbocycles. The maximum Gasteiger partial charge on any atom is 0.0218 e. The van der Waals surface area contributed by atoms with Crippen molar-refractivity contribution in [2.45, 2.75) is 25.4 Å². The first kappa shape index (κ1) is 8.51. The largest absolute Gasteiger partial charge is 0.310 e. The van der Waals surface area contributed by atoms with Gasteiger partial charge in [0.1, 0.15) is 0 Å². The highest BCUT2D eigenvalue weighted by Gasteiger charge is 2.20. The lowest BCUT2D eigenvalue weighted by atomic mass is 10.2. The number of rotatable bonds is 3. The Morgan fingerprint density at radius 3 is 2.75 bits per heavy atom. The Kier molecular flexibility index (Phi) is 2.66. The van der Waals surface area contributed by atoms with Gasteiger partial charge >= 0.3 is 0 Å². The Morgan fingerprint density at radius 1 is 1.33 bits per heavy atom. The molecule has 1 aliphatic rings. The van der Waals surface area contributed by atoms with E-state index >= 15 is 0 Å². The molecule has 0 unspecified atom stereocenters. The van der Waals surface area contributed by atoms with Gasteiger partial charge in [-0.1, -0.05) is 18.2 Å². The molecule has 1 aromatic carbocycles. The van der Waals surface area contributed by atoms with E-state index in [1.807, 2.05) is 0 Å². The number of benzene rings is 1. The average Bonchev–Trinajstić information content (AvgIpc) is 2.86. The molecule has 12 heavy (non-hydrogen) atoms. The molecule has 1 N–H and O–H groups in total. The summed E-state index contributed by atoms with van der Waals surface area (Å²) in [6, 6.07) is 9.34. The molecule has 2 heteroatoms. The molecule has 0 bridgehead atoms. The van der Waals surface area contributed by atoms with Crippen LogP contribution in [0.2, 0.25) is 0 Å². The maximum absolute atomic E-state index is 3.51. The summed E-state index contributed by atoms with van der Waals surface area (Å²) in [7, 11) is 0. The third kappa shape index (κ3) is 2.20. The summed E-state index contributed by atoms with van der Waals surface area (Å²) in [5.41, 5.74) is 1.42. The third-order valence-electron chi connectivity index (χ3n) is 2.12. The molecular weight excluding hydrogens is 261 g/mol. The smallest absolute Gasteiger partial charge is 0.0218 e. The Morgan fingerprint density at radius 2 is 2.08 bits per heavy atom. The van der Waals surface area contributed by atoms with Gasteiger partial charge in [0.2, 0.25) is 0 Å². The van der Waals surface area contributed by atoms with Crippen LogP contribution >= 0.6 is 22.6 Å². The second-order valence-corrected chi connectivity index (χ2v) is 4.41. The summed E-state index contributed by atoms with van der Waals surface area (Å²) in [6.45, 7) is 1.03. The SMILES string of the molecule is Ic1ccccc1CNC1CC1. The summed E-state index contributed by atoms with van der Waals surface area (Å²) in [4.78, 5) is 0. The monoisotopic (exact) mass is 273 g/mol. The van der Waals surface area contributed by atoms with Crippen molar-refractivity contribution in [3.8, 4) is 0 Å². The molecule has 1 nitrogen and oxygen atoms in total. The van der Waals surface area contributed by atoms with Crippen molar-refractivity contribution in [1.82, 2.24) is 5.32 Å². The van der Waals surface area contributed by atoms with Gasteiger partial charge in [-0.25, -0.2) is 0 Å². The number of hydrogen-bond donors (Lipinski definition) is 1. The summed E-state index contributed by atoms with van der Waals surface area (Å²) >= 11 is 2.39. The molecule has 0 aromatic heterocycles. The lowest BCUT2D eigenvalue weighted by molar-refractivity contribution is 0.686. The topological polar surface area (TPSA) is 12.0 Å². The first-order chi connectivity index (χ1) is 5.86. The summed E-state index contributed by atoms with van der Waals surface area (Å²) < 4.78 is 1.36. The normalized spacial score (nSPS) is 16.4. The Hall–Kier alpha value is -0.0900. The zero-order valence-electron chi connectivity index (χ0n) is 6.89. The molecule has 1 fully saturated rings. The standard InChI is InChI=1S/C10H12IN/c11-10-4-2-1-3-8(10)7-12-9-5-6-9/h1-4,9,12H,5-7H2. The highest BCUT2D eigenvalue weighted by molar-refractivity contribution is 14.1. The third-order valence-corrected chi connectivity index (χ3v) is 3.17. The van der Waals surface area contributed by atoms with Crippen LogP contribution in [-0.2, 0) is 6.54 Å². The van der Waals surface area contributed by atoms with Crippen LogP contribution in [0.5, 0.6) is 0 Å². The second-order valence-electron chi connectivity index (χ2n) is 3.25. The zero-order chi connectivity index (χ0) is 8.39. The second kappa shape index (κ2) is 3.75. The summed E-state index contributed by atoms with van der Waals surface area (Å²) in [5, 5.41) is 3.51. The maximum atomic E-state index is 3.51. The van der Waals surface area contributed by atoms with E-state index in [1.165, 1.54) is 22.0 Å². The van der Waals surface area contributed by atoms with Crippen molar-refractivity contribution < 1.29 is 0 Å². The molecule has 0 atom stereocenters. The van der Waals surface area contributed by atoms with E-state index in [9.17, 15) is 0 Å². The molecular formula is C10H12IN. The van der Waals surface area contributed by atoms with E-state index < -0.39 is 0 Å². The van der Waals surface area contributed by atoms with E-state index in [0.717, 1.165) is 12.6 Å². The van der Waals surface area contributed by atoms with Gasteiger partial charge in [-0.2, -0.15) is 0 Å². The van der Waals surface area contributed by atoms with Crippen LogP contribution in [-0.4, -0.2) is 6.04 Å². The zero-order valence-corrected chi connectivity index (χ0v) is 9.04. The Bertz CT molecular complexity index is 268. The first-order valence-electron chi connectivity index (χ1n) is 4.33. The molecule has 1 aromatic rings. The molecule has 0 saturated heterocycles. The number of halogens is 1. The molecule has 1 saturated carbocycles. The van der Waals surface area contributed by atoms with Gasteiger partial charge in [0.15, 0.2) is 0 Å². The predicted molar refractivity (Wildman–Crippen MR) is 59.0 cm³/mol. The number of nitrogens with one attached hydrogen (secondary N) is 1. The van der Waals surface area contributed by atoms with Gasteiger partial charge < -0.3 is 5.32 Å². The quantitative estimate of drug-likeness (QED) is 0.834. The molecule has 0 spiro atoms. The summed E-state index contributed by atoms with van der Waals surface area (Å²) in [5.74, 6) is 0. The van der Waals surface area contributed by atoms with Crippen molar-refractivity contribution in [3.05, 3.63) is 33.4 Å². The fourth-order valence-electron chi connectivity index (χ4n) is 1.18. The van der Waals surface area contributed by atoms with Crippen LogP contribution < -0.4 is 5.32 Å². The van der Waals surface area contributed by atoms with Gasteiger partial charge in [-0.15, -0.1) is 0 Å². The van der Waals surface area contributed by atoms with E-state index in [2.05, 4.69) is 52.2 Å². The molecule has 0 aliphatic heterocycles. The van der Waals surface area contributed by atoms with E-state index in [1.54, 1.807) is 0 Å². The van der Waals surface area contributed by atoms with Crippen molar-refractivity contribution >= 4 is 22.6 Å². The highest BCUT2D eigenvalue weighted by atomic mass is 127. The van der Waals surface area contributed by atoms with Gasteiger partial charge in [-0.05, 0) is 47.1 Å². The van der Waals surface area contributed by atoms with Crippen LogP contribution in [0.25, 0.3) is 0 Å². The first-order valence-corrected chi connectivity index (χ1v) is 5.41. The highest BCUT2D eigenvalue weighted by Crippen LogP contribution is 2.20. The van der Waals surface area contributed by atoms with E-state index in [0.29, 0.717) is 0 Å². The van der Waals surface area contributed by atoms with Crippen molar-refractivity contribution in [2.75, 3.05) is 0 Å². The minimum atomic E-state index is 0.806. The fourth-order valence-corrected chi connectivity index (χ4v) is 1.76. The molecule has 64 valence electrons. The lowest BCUT2D eigenvalue weighted by Gasteiger charge is -2.04. The van der Waals surface area contributed by atoms with Crippen molar-refractivity contribution in [3.63, 3.8) is 0 Å². The average molecular weight is 273 g/mol. The minimum absolute atomic E-state index is 0.806. The molecule has 0 amide bonds. The Labute approximate surface area is 86.7 Å². The minimum Gasteiger partial charge on any atom is -0.310 e. The predicted octanol–water partition coefficient (Wildman–Crippen LogP) is 2.54. The van der Waals surface area contributed by atoms with Gasteiger partial charge in [-0.3, -0.25) is 0 Å². The molecule has 0 heterocycles. The van der Waals surface area contributed by atoms with Gasteiger partial charge in [0, 0.05) is 16.2 Å². The Balaban J connectivity index is 1.96. The van der Waals surface area contributed by atoms with Crippen LogP contribution in [0, 0.1) is 3.57 Å². The van der Waals surface area contributed by atoms with Crippen molar-refractivity contribution in [1.29, 1.82) is 0 Å². The lowest BCUT2D eigenvalue weighted by Crippen LogP contribution is -2.15. The van der Waals surface area contributed by atoms with Crippen LogP contribution in [0.15, 0.2) is 24.3 Å². The molecule has 2 rings (SSSR count). The van der Waals surface area contributed by atoms with E-state index in [-0.39, 0.29) is 0 Å². The molecule has 0 radical (unpaired) electrons. The van der Waals surface area contributed by atoms with Crippen LogP contribution in [0.4, 0.5) is 0 Å². The summed E-state index contributed by atoms with van der Waals surface area (Å²) in [6.07, 6.45) is 2.73. The van der Waals surface area contributed by atoms with E-state index in [4.69, 9.17) is 0 Å². The van der Waals surface area contributed by atoms with Gasteiger partial charge in [0.05, 0.1) is 0 Å². The van der Waals surface area contributed by atoms with Gasteiger partial charge in [0.25, 0.3) is 0 Å². The van der Waals surface area contributed by atoms with Crippen molar-refractivity contribution in [2.24, 2.45) is 0 Å². The van der Waals surface area contributed by atoms with Crippen LogP contribution in [0.1, 0.15) is 18.4 Å². The van der Waals surface area contributed by atoms with Crippen LogP contribution in [0.3, 0.4) is 0 Å². The number of hydrogen-bond acceptors (Lipinski definition) is 1. The fraction of sp³-hybridized carbons (Fsp3) is 0.400.